The van der Waals surface area contributed by atoms with E-state index in [-0.39, 0.29) is 30.3 Å². The number of carboxylic acids is 1. The predicted octanol–water partition coefficient (Wildman–Crippen LogP) is 5.76. The monoisotopic (exact) mass is 505 g/mol. The summed E-state index contributed by atoms with van der Waals surface area (Å²) in [6.45, 7) is 3.84. The van der Waals surface area contributed by atoms with Crippen LogP contribution in [0.5, 0.6) is 0 Å². The van der Waals surface area contributed by atoms with Crippen LogP contribution < -0.4 is 15.1 Å². The second kappa shape index (κ2) is 10.8. The molecule has 7 nitrogen and oxygen atoms in total. The van der Waals surface area contributed by atoms with Crippen molar-refractivity contribution in [2.45, 2.75) is 38.8 Å². The number of fused-ring (bicyclic) bond motifs is 1. The molecule has 1 aliphatic rings. The molecule has 0 unspecified atom stereocenters. The Bertz CT molecular complexity index is 1260. The number of hydrogen-bond donors (Lipinski definition) is 2. The lowest BCUT2D eigenvalue weighted by Gasteiger charge is -2.43. The van der Waals surface area contributed by atoms with Crippen molar-refractivity contribution >= 4 is 46.4 Å². The highest BCUT2D eigenvalue weighted by molar-refractivity contribution is 6.30. The maximum absolute atomic E-state index is 13.6. The van der Waals surface area contributed by atoms with Crippen molar-refractivity contribution < 1.29 is 19.5 Å². The summed E-state index contributed by atoms with van der Waals surface area (Å²) in [5.74, 6) is -1.09. The molecule has 0 bridgehead atoms. The summed E-state index contributed by atoms with van der Waals surface area (Å²) < 4.78 is 0. The first kappa shape index (κ1) is 25.3. The van der Waals surface area contributed by atoms with Crippen molar-refractivity contribution in [1.82, 2.24) is 0 Å². The van der Waals surface area contributed by atoms with Crippen LogP contribution in [-0.4, -0.2) is 35.5 Å². The van der Waals surface area contributed by atoms with Gasteiger partial charge in [0, 0.05) is 47.2 Å². The third-order valence-corrected chi connectivity index (χ3v) is 6.59. The van der Waals surface area contributed by atoms with Crippen molar-refractivity contribution in [3.63, 3.8) is 0 Å². The molecular formula is C28H28ClN3O4. The number of carbonyl (C=O) groups is 3. The van der Waals surface area contributed by atoms with E-state index in [2.05, 4.69) is 5.32 Å². The van der Waals surface area contributed by atoms with Gasteiger partial charge >= 0.3 is 5.97 Å². The van der Waals surface area contributed by atoms with Gasteiger partial charge in [-0.25, -0.2) is 0 Å². The zero-order chi connectivity index (χ0) is 25.8. The van der Waals surface area contributed by atoms with Gasteiger partial charge in [0.05, 0.1) is 12.5 Å². The lowest BCUT2D eigenvalue weighted by Crippen LogP contribution is -2.47. The minimum absolute atomic E-state index is 0.0111. The second-order valence-electron chi connectivity index (χ2n) is 8.85. The molecule has 1 heterocycles. The Morgan fingerprint density at radius 1 is 1.03 bits per heavy atom. The smallest absolute Gasteiger partial charge is 0.305 e. The molecule has 1 aliphatic heterocycles. The fourth-order valence-corrected chi connectivity index (χ4v) is 4.83. The molecule has 2 atom stereocenters. The molecule has 0 saturated carbocycles. The number of rotatable bonds is 7. The van der Waals surface area contributed by atoms with E-state index in [4.69, 9.17) is 16.7 Å². The van der Waals surface area contributed by atoms with Gasteiger partial charge in [0.25, 0.3) is 5.91 Å². The van der Waals surface area contributed by atoms with Gasteiger partial charge in [-0.15, -0.1) is 0 Å². The number of benzene rings is 3. The van der Waals surface area contributed by atoms with Crippen LogP contribution in [0, 0.1) is 0 Å². The van der Waals surface area contributed by atoms with Crippen LogP contribution >= 0.6 is 11.6 Å². The van der Waals surface area contributed by atoms with Crippen LogP contribution in [-0.2, 0) is 9.59 Å². The van der Waals surface area contributed by atoms with Gasteiger partial charge in [-0.1, -0.05) is 29.8 Å². The van der Waals surface area contributed by atoms with Crippen molar-refractivity contribution in [3.8, 4) is 0 Å². The number of halogens is 1. The van der Waals surface area contributed by atoms with E-state index in [0.717, 1.165) is 22.6 Å². The number of carboxylic acid groups (broad SMARTS) is 1. The quantitative estimate of drug-likeness (QED) is 0.426. The Kier molecular flexibility index (Phi) is 7.60. The largest absolute Gasteiger partial charge is 0.481 e. The zero-order valence-electron chi connectivity index (χ0n) is 20.1. The Morgan fingerprint density at radius 3 is 2.33 bits per heavy atom. The van der Waals surface area contributed by atoms with Crippen molar-refractivity contribution in [3.05, 3.63) is 88.9 Å². The number of aliphatic carboxylic acids is 1. The van der Waals surface area contributed by atoms with Crippen LogP contribution in [0.3, 0.4) is 0 Å². The van der Waals surface area contributed by atoms with Gasteiger partial charge in [0.2, 0.25) is 5.91 Å². The second-order valence-corrected chi connectivity index (χ2v) is 9.28. The van der Waals surface area contributed by atoms with Crippen molar-refractivity contribution in [1.29, 1.82) is 0 Å². The van der Waals surface area contributed by atoms with Crippen molar-refractivity contribution in [2.24, 2.45) is 0 Å². The third kappa shape index (κ3) is 5.36. The molecule has 2 N–H and O–H groups in total. The standard InChI is InChI=1S/C28H28ClN3O4/c1-18-17-26(32(19(2)33)23-13-9-21(29)10-14-23)24-5-3-4-6-25(24)31(18)28(36)20-7-11-22(12-8-20)30-16-15-27(34)35/h3-14,18,26,30H,15-17H2,1-2H3,(H,34,35)/t18-,26+/m0/s1. The molecule has 0 spiro atoms. The number of nitrogens with one attached hydrogen (secondary N) is 1. The number of anilines is 3. The predicted molar refractivity (Wildman–Crippen MR) is 142 cm³/mol. The van der Waals surface area contributed by atoms with Crippen LogP contribution in [0.15, 0.2) is 72.8 Å². The van der Waals surface area contributed by atoms with E-state index < -0.39 is 5.97 Å². The normalized spacial score (nSPS) is 16.7. The molecule has 8 heteroatoms. The molecule has 0 aliphatic carbocycles. The van der Waals surface area contributed by atoms with Crippen LogP contribution in [0.2, 0.25) is 5.02 Å². The molecule has 0 radical (unpaired) electrons. The maximum atomic E-state index is 13.6. The summed E-state index contributed by atoms with van der Waals surface area (Å²) in [4.78, 5) is 40.7. The van der Waals surface area contributed by atoms with Crippen LogP contribution in [0.25, 0.3) is 0 Å². The molecular weight excluding hydrogens is 478 g/mol. The topological polar surface area (TPSA) is 90.0 Å². The lowest BCUT2D eigenvalue weighted by atomic mass is 9.89. The summed E-state index contributed by atoms with van der Waals surface area (Å²) in [7, 11) is 0. The van der Waals surface area contributed by atoms with Gasteiger partial charge in [-0.05, 0) is 73.5 Å². The first-order chi connectivity index (χ1) is 17.3. The fraction of sp³-hybridized carbons (Fsp3) is 0.250. The molecule has 3 aromatic rings. The average molecular weight is 506 g/mol. The average Bonchev–Trinajstić information content (AvgIpc) is 2.85. The number of hydrogen-bond acceptors (Lipinski definition) is 4. The minimum Gasteiger partial charge on any atom is -0.481 e. The van der Waals surface area contributed by atoms with Gasteiger partial charge in [-0.3, -0.25) is 14.4 Å². The molecule has 36 heavy (non-hydrogen) atoms. The summed E-state index contributed by atoms with van der Waals surface area (Å²) in [5.41, 5.74) is 3.71. The highest BCUT2D eigenvalue weighted by atomic mass is 35.5. The number of nitrogens with zero attached hydrogens (tertiary/aromatic N) is 2. The molecule has 2 amide bonds. The Morgan fingerprint density at radius 2 is 1.69 bits per heavy atom. The highest BCUT2D eigenvalue weighted by Gasteiger charge is 2.38. The molecule has 4 rings (SSSR count). The van der Waals surface area contributed by atoms with E-state index in [1.807, 2.05) is 43.3 Å². The third-order valence-electron chi connectivity index (χ3n) is 6.33. The van der Waals surface area contributed by atoms with Gasteiger partial charge in [0.1, 0.15) is 0 Å². The summed E-state index contributed by atoms with van der Waals surface area (Å²) >= 11 is 6.07. The van der Waals surface area contributed by atoms with Gasteiger partial charge in [0.15, 0.2) is 0 Å². The number of amides is 2. The van der Waals surface area contributed by atoms with E-state index in [0.29, 0.717) is 23.6 Å². The van der Waals surface area contributed by atoms with Crippen molar-refractivity contribution in [2.75, 3.05) is 21.7 Å². The summed E-state index contributed by atoms with van der Waals surface area (Å²) in [5, 5.41) is 12.4. The zero-order valence-corrected chi connectivity index (χ0v) is 20.9. The van der Waals surface area contributed by atoms with E-state index in [1.165, 1.54) is 0 Å². The maximum Gasteiger partial charge on any atom is 0.305 e. The number of carbonyl (C=O) groups excluding carboxylic acids is 2. The Balaban J connectivity index is 1.63. The number of para-hydroxylation sites is 1. The first-order valence-corrected chi connectivity index (χ1v) is 12.2. The molecule has 3 aromatic carbocycles. The molecule has 0 fully saturated rings. The van der Waals surface area contributed by atoms with E-state index >= 15 is 0 Å². The van der Waals surface area contributed by atoms with E-state index in [1.54, 1.807) is 53.1 Å². The first-order valence-electron chi connectivity index (χ1n) is 11.8. The Hall–Kier alpha value is -3.84. The fourth-order valence-electron chi connectivity index (χ4n) is 4.70. The Labute approximate surface area is 215 Å². The van der Waals surface area contributed by atoms with Crippen LogP contribution in [0.1, 0.15) is 48.7 Å². The lowest BCUT2D eigenvalue weighted by molar-refractivity contribution is -0.136. The minimum atomic E-state index is -0.871. The summed E-state index contributed by atoms with van der Waals surface area (Å²) in [6, 6.07) is 21.5. The molecule has 186 valence electrons. The SMILES string of the molecule is CC(=O)N(c1ccc(Cl)cc1)[C@@H]1C[C@H](C)N(C(=O)c2ccc(NCCC(=O)O)cc2)c2ccccc21. The van der Waals surface area contributed by atoms with E-state index in [9.17, 15) is 14.4 Å². The molecule has 0 saturated heterocycles. The van der Waals surface area contributed by atoms with Gasteiger partial charge < -0.3 is 20.2 Å². The molecule has 0 aromatic heterocycles. The highest BCUT2D eigenvalue weighted by Crippen LogP contribution is 2.42. The van der Waals surface area contributed by atoms with Gasteiger partial charge in [-0.2, -0.15) is 0 Å². The van der Waals surface area contributed by atoms with Crippen LogP contribution in [0.4, 0.5) is 17.1 Å². The summed E-state index contributed by atoms with van der Waals surface area (Å²) in [6.07, 6.45) is 0.580.